The second-order valence-corrected chi connectivity index (χ2v) is 8.47. The zero-order valence-corrected chi connectivity index (χ0v) is 15.6. The van der Waals surface area contributed by atoms with Crippen LogP contribution in [0.3, 0.4) is 0 Å². The van der Waals surface area contributed by atoms with Crippen molar-refractivity contribution >= 4 is 21.8 Å². The maximum atomic E-state index is 15.2. The van der Waals surface area contributed by atoms with Crippen LogP contribution >= 0.6 is 0 Å². The first-order valence-electron chi connectivity index (χ1n) is 8.49. The van der Waals surface area contributed by atoms with E-state index in [2.05, 4.69) is 5.10 Å². The molecule has 0 spiro atoms. The highest BCUT2D eigenvalue weighted by Gasteiger charge is 2.59. The number of alkyl halides is 4. The smallest absolute Gasteiger partial charge is 0.326 e. The number of amides is 1. The topological polar surface area (TPSA) is 105 Å². The van der Waals surface area contributed by atoms with Crippen LogP contribution in [0.1, 0.15) is 18.0 Å². The minimum absolute atomic E-state index is 0.213. The van der Waals surface area contributed by atoms with Gasteiger partial charge in [-0.15, -0.1) is 0 Å². The molecule has 2 heterocycles. The molecule has 1 aliphatic carbocycles. The predicted octanol–water partition coefficient (Wildman–Crippen LogP) is 1.96. The molecular formula is C16H13F5N4O4S. The number of carbonyl (C=O) groups is 1. The zero-order chi connectivity index (χ0) is 22.0. The maximum absolute atomic E-state index is 15.2. The molecule has 1 amide bonds. The number of anilines is 1. The SMILES string of the molecule is O=C1CN(c2c(O)ccc(-c3cc(C4CC4(F)F)n(CC(F)F)n3)c2F)S(=O)(=O)N1. The lowest BCUT2D eigenvalue weighted by molar-refractivity contribution is -0.117. The number of rotatable bonds is 5. The molecule has 2 aliphatic rings. The van der Waals surface area contributed by atoms with Crippen molar-refractivity contribution in [2.75, 3.05) is 10.8 Å². The molecule has 1 unspecified atom stereocenters. The Balaban J connectivity index is 1.81. The Morgan fingerprint density at radius 1 is 1.33 bits per heavy atom. The van der Waals surface area contributed by atoms with E-state index in [1.807, 2.05) is 0 Å². The summed E-state index contributed by atoms with van der Waals surface area (Å²) in [7, 11) is -4.46. The van der Waals surface area contributed by atoms with E-state index in [1.165, 1.54) is 0 Å². The molecule has 1 atom stereocenters. The van der Waals surface area contributed by atoms with Crippen LogP contribution in [0.25, 0.3) is 11.3 Å². The van der Waals surface area contributed by atoms with E-state index in [4.69, 9.17) is 0 Å². The number of phenolic OH excluding ortho intramolecular Hbond substituents is 1. The molecule has 162 valence electrons. The first-order chi connectivity index (χ1) is 13.9. The molecule has 1 aliphatic heterocycles. The molecule has 30 heavy (non-hydrogen) atoms. The third-order valence-corrected chi connectivity index (χ3v) is 6.12. The van der Waals surface area contributed by atoms with E-state index < -0.39 is 76.7 Å². The van der Waals surface area contributed by atoms with Crippen LogP contribution in [0, 0.1) is 5.82 Å². The highest BCUT2D eigenvalue weighted by atomic mass is 32.2. The van der Waals surface area contributed by atoms with Gasteiger partial charge < -0.3 is 5.11 Å². The summed E-state index contributed by atoms with van der Waals surface area (Å²) in [6.07, 6.45) is -3.47. The van der Waals surface area contributed by atoms with Crippen LogP contribution in [0.15, 0.2) is 18.2 Å². The van der Waals surface area contributed by atoms with Gasteiger partial charge in [-0.2, -0.15) is 13.5 Å². The quantitative estimate of drug-likeness (QED) is 0.675. The van der Waals surface area contributed by atoms with Crippen molar-refractivity contribution < 1.29 is 40.3 Å². The molecule has 8 nitrogen and oxygen atoms in total. The van der Waals surface area contributed by atoms with Gasteiger partial charge in [0.1, 0.15) is 24.5 Å². The number of hydrogen-bond acceptors (Lipinski definition) is 5. The van der Waals surface area contributed by atoms with Gasteiger partial charge in [0.25, 0.3) is 18.3 Å². The molecule has 2 aromatic rings. The minimum atomic E-state index is -4.46. The lowest BCUT2D eigenvalue weighted by atomic mass is 10.1. The van der Waals surface area contributed by atoms with E-state index in [1.54, 1.807) is 4.72 Å². The van der Waals surface area contributed by atoms with E-state index in [-0.39, 0.29) is 11.4 Å². The van der Waals surface area contributed by atoms with Gasteiger partial charge in [-0.1, -0.05) is 0 Å². The average molecular weight is 452 g/mol. The van der Waals surface area contributed by atoms with Crippen LogP contribution in [0.2, 0.25) is 0 Å². The van der Waals surface area contributed by atoms with Crippen molar-refractivity contribution in [1.82, 2.24) is 14.5 Å². The van der Waals surface area contributed by atoms with Crippen LogP contribution in [-0.2, 0) is 21.5 Å². The number of hydrogen-bond donors (Lipinski definition) is 2. The molecule has 1 saturated heterocycles. The predicted molar refractivity (Wildman–Crippen MR) is 92.0 cm³/mol. The number of aromatic hydroxyl groups is 1. The molecule has 2 fully saturated rings. The Hall–Kier alpha value is -2.90. The van der Waals surface area contributed by atoms with Gasteiger partial charge >= 0.3 is 10.2 Å². The van der Waals surface area contributed by atoms with E-state index in [9.17, 15) is 35.9 Å². The Kier molecular flexibility index (Phi) is 4.45. The first-order valence-corrected chi connectivity index (χ1v) is 9.93. The number of aromatic nitrogens is 2. The molecule has 4 rings (SSSR count). The standard InChI is InChI=1S/C16H13F5N4O4S/c17-12(18)5-24-10(8-4-16(8,20)21)3-9(22-24)7-1-2-11(26)15(14(7)19)25-6-13(27)23-30(25,28)29/h1-3,8,12,26H,4-6H2,(H,23,27). The van der Waals surface area contributed by atoms with Gasteiger partial charge in [-0.05, 0) is 18.2 Å². The van der Waals surface area contributed by atoms with Crippen molar-refractivity contribution in [2.24, 2.45) is 0 Å². The number of nitrogens with one attached hydrogen (secondary N) is 1. The first kappa shape index (κ1) is 20.4. The van der Waals surface area contributed by atoms with Gasteiger partial charge in [0.2, 0.25) is 0 Å². The van der Waals surface area contributed by atoms with Gasteiger partial charge in [-0.25, -0.2) is 31.0 Å². The molecule has 1 saturated carbocycles. The Morgan fingerprint density at radius 3 is 2.53 bits per heavy atom. The number of nitrogens with zero attached hydrogens (tertiary/aromatic N) is 3. The third-order valence-electron chi connectivity index (χ3n) is 4.75. The Labute approximate surface area is 166 Å². The van der Waals surface area contributed by atoms with Gasteiger partial charge in [0.15, 0.2) is 5.82 Å². The Morgan fingerprint density at radius 2 is 2.00 bits per heavy atom. The monoisotopic (exact) mass is 452 g/mol. The summed E-state index contributed by atoms with van der Waals surface area (Å²) >= 11 is 0. The summed E-state index contributed by atoms with van der Waals surface area (Å²) in [5, 5.41) is 13.8. The number of benzene rings is 1. The lowest BCUT2D eigenvalue weighted by Gasteiger charge is -2.18. The average Bonchev–Trinajstić information content (AvgIpc) is 2.92. The largest absolute Gasteiger partial charge is 0.506 e. The number of halogens is 5. The van der Waals surface area contributed by atoms with Crippen LogP contribution in [0.4, 0.5) is 27.6 Å². The molecule has 1 aromatic heterocycles. The van der Waals surface area contributed by atoms with E-state index >= 15 is 4.39 Å². The molecule has 0 radical (unpaired) electrons. The normalized spacial score (nSPS) is 21.9. The minimum Gasteiger partial charge on any atom is -0.506 e. The summed E-state index contributed by atoms with van der Waals surface area (Å²) in [6, 6.07) is 2.94. The van der Waals surface area contributed by atoms with Gasteiger partial charge in [0.05, 0.1) is 11.6 Å². The summed E-state index contributed by atoms with van der Waals surface area (Å²) in [5.41, 5.74) is -1.79. The summed E-state index contributed by atoms with van der Waals surface area (Å²) in [6.45, 7) is -1.79. The second kappa shape index (κ2) is 6.55. The molecule has 14 heteroatoms. The van der Waals surface area contributed by atoms with Crippen molar-refractivity contribution in [3.63, 3.8) is 0 Å². The molecule has 2 N–H and O–H groups in total. The lowest BCUT2D eigenvalue weighted by Crippen LogP contribution is -2.30. The zero-order valence-electron chi connectivity index (χ0n) is 14.8. The fourth-order valence-corrected chi connectivity index (χ4v) is 4.45. The van der Waals surface area contributed by atoms with Crippen molar-refractivity contribution in [3.8, 4) is 17.0 Å². The van der Waals surface area contributed by atoms with Crippen LogP contribution in [-0.4, -0.2) is 48.1 Å². The van der Waals surface area contributed by atoms with Crippen molar-refractivity contribution in [2.45, 2.75) is 31.2 Å². The van der Waals surface area contributed by atoms with Crippen LogP contribution < -0.4 is 9.03 Å². The number of phenols is 1. The third kappa shape index (κ3) is 3.34. The Bertz CT molecular complexity index is 1150. The highest BCUT2D eigenvalue weighted by molar-refractivity contribution is 7.92. The van der Waals surface area contributed by atoms with Crippen LogP contribution in [0.5, 0.6) is 5.75 Å². The summed E-state index contributed by atoms with van der Waals surface area (Å²) in [5.74, 6) is -7.52. The fraction of sp³-hybridized carbons (Fsp3) is 0.375. The molecular weight excluding hydrogens is 439 g/mol. The molecule has 0 bridgehead atoms. The van der Waals surface area contributed by atoms with Gasteiger partial charge in [-0.3, -0.25) is 9.48 Å². The van der Waals surface area contributed by atoms with Crippen molar-refractivity contribution in [3.05, 3.63) is 29.7 Å². The molecule has 1 aromatic carbocycles. The summed E-state index contributed by atoms with van der Waals surface area (Å²) in [4.78, 5) is 11.4. The maximum Gasteiger partial charge on any atom is 0.326 e. The summed E-state index contributed by atoms with van der Waals surface area (Å²) < 4.78 is 94.4. The highest BCUT2D eigenvalue weighted by Crippen LogP contribution is 2.56. The number of carbonyl (C=O) groups excluding carboxylic acids is 1. The van der Waals surface area contributed by atoms with E-state index in [0.717, 1.165) is 18.2 Å². The fourth-order valence-electron chi connectivity index (χ4n) is 3.29. The van der Waals surface area contributed by atoms with Gasteiger partial charge in [0, 0.05) is 17.7 Å². The van der Waals surface area contributed by atoms with E-state index in [0.29, 0.717) is 8.99 Å². The van der Waals surface area contributed by atoms with Crippen molar-refractivity contribution in [1.29, 1.82) is 0 Å². The second-order valence-electron chi connectivity index (χ2n) is 6.88.